The second-order valence-corrected chi connectivity index (χ2v) is 4.68. The summed E-state index contributed by atoms with van der Waals surface area (Å²) < 4.78 is 31.8. The van der Waals surface area contributed by atoms with Crippen molar-refractivity contribution in [3.63, 3.8) is 0 Å². The Kier molecular flexibility index (Phi) is 5.59. The standard InChI is InChI=1S/C11H16FNO2S/c1-9-3-4-11(12)7-10(9)8-13-5-2-6-16(14)15/h3-4,7,13H,2,5-6,8H2,1H3,(H,14,15). The van der Waals surface area contributed by atoms with E-state index in [1.54, 1.807) is 6.07 Å². The molecular weight excluding hydrogens is 229 g/mol. The highest BCUT2D eigenvalue weighted by Crippen LogP contribution is 2.09. The fourth-order valence-corrected chi connectivity index (χ4v) is 1.77. The largest absolute Gasteiger partial charge is 0.313 e. The zero-order chi connectivity index (χ0) is 12.0. The number of hydrogen-bond acceptors (Lipinski definition) is 2. The highest BCUT2D eigenvalue weighted by atomic mass is 32.2. The van der Waals surface area contributed by atoms with Gasteiger partial charge in [0, 0.05) is 6.54 Å². The quantitative estimate of drug-likeness (QED) is 0.594. The van der Waals surface area contributed by atoms with Crippen LogP contribution in [0.1, 0.15) is 17.5 Å². The van der Waals surface area contributed by atoms with Crippen LogP contribution in [0.3, 0.4) is 0 Å². The van der Waals surface area contributed by atoms with E-state index in [0.717, 1.165) is 11.1 Å². The van der Waals surface area contributed by atoms with E-state index in [0.29, 0.717) is 19.5 Å². The van der Waals surface area contributed by atoms with Crippen LogP contribution in [0, 0.1) is 12.7 Å². The molecule has 0 saturated heterocycles. The summed E-state index contributed by atoms with van der Waals surface area (Å²) in [7, 11) is 0. The van der Waals surface area contributed by atoms with Crippen molar-refractivity contribution in [1.82, 2.24) is 5.32 Å². The third-order valence-corrected chi connectivity index (χ3v) is 2.94. The maximum atomic E-state index is 12.9. The minimum atomic E-state index is -1.72. The van der Waals surface area contributed by atoms with Gasteiger partial charge in [-0.05, 0) is 43.1 Å². The SMILES string of the molecule is Cc1ccc(F)cc1CNCCCS(=O)O. The molecule has 0 heterocycles. The molecule has 3 nitrogen and oxygen atoms in total. The Morgan fingerprint density at radius 3 is 2.94 bits per heavy atom. The van der Waals surface area contributed by atoms with Gasteiger partial charge in [-0.25, -0.2) is 8.60 Å². The number of hydrogen-bond donors (Lipinski definition) is 2. The molecule has 1 unspecified atom stereocenters. The van der Waals surface area contributed by atoms with Crippen molar-refractivity contribution in [2.75, 3.05) is 12.3 Å². The van der Waals surface area contributed by atoms with Crippen LogP contribution in [0.2, 0.25) is 0 Å². The van der Waals surface area contributed by atoms with Gasteiger partial charge in [0.15, 0.2) is 11.1 Å². The van der Waals surface area contributed by atoms with Gasteiger partial charge in [0.2, 0.25) is 0 Å². The lowest BCUT2D eigenvalue weighted by Gasteiger charge is -2.07. The molecule has 0 aliphatic carbocycles. The molecule has 1 aromatic rings. The van der Waals surface area contributed by atoms with Crippen molar-refractivity contribution in [2.45, 2.75) is 19.9 Å². The number of halogens is 1. The first-order valence-corrected chi connectivity index (χ1v) is 6.40. The van der Waals surface area contributed by atoms with Crippen molar-refractivity contribution < 1.29 is 13.2 Å². The number of benzene rings is 1. The summed E-state index contributed by atoms with van der Waals surface area (Å²) in [5.41, 5.74) is 1.96. The van der Waals surface area contributed by atoms with Crippen LogP contribution in [0.5, 0.6) is 0 Å². The lowest BCUT2D eigenvalue weighted by atomic mass is 10.1. The fourth-order valence-electron chi connectivity index (χ4n) is 1.37. The molecule has 1 aromatic carbocycles. The zero-order valence-electron chi connectivity index (χ0n) is 9.20. The Hall–Kier alpha value is -0.780. The van der Waals surface area contributed by atoms with E-state index in [1.807, 2.05) is 6.92 Å². The van der Waals surface area contributed by atoms with Gasteiger partial charge in [-0.1, -0.05) is 6.07 Å². The summed E-state index contributed by atoms with van der Waals surface area (Å²) in [6.45, 7) is 3.17. The summed E-state index contributed by atoms with van der Waals surface area (Å²) in [6, 6.07) is 4.69. The lowest BCUT2D eigenvalue weighted by molar-refractivity contribution is 0.558. The Morgan fingerprint density at radius 2 is 2.25 bits per heavy atom. The molecule has 0 fully saturated rings. The second-order valence-electron chi connectivity index (χ2n) is 3.63. The second kappa shape index (κ2) is 6.73. The maximum Gasteiger partial charge on any atom is 0.152 e. The van der Waals surface area contributed by atoms with Crippen LogP contribution in [-0.2, 0) is 17.6 Å². The Bertz CT molecular complexity index is 371. The Morgan fingerprint density at radius 1 is 1.50 bits per heavy atom. The topological polar surface area (TPSA) is 49.3 Å². The molecule has 0 aliphatic heterocycles. The first-order chi connectivity index (χ1) is 7.59. The molecule has 1 atom stereocenters. The smallest absolute Gasteiger partial charge is 0.152 e. The minimum absolute atomic E-state index is 0.237. The molecule has 0 spiro atoms. The summed E-state index contributed by atoms with van der Waals surface area (Å²) in [5, 5.41) is 3.11. The van der Waals surface area contributed by atoms with Gasteiger partial charge in [-0.3, -0.25) is 0 Å². The lowest BCUT2D eigenvalue weighted by Crippen LogP contribution is -2.17. The van der Waals surface area contributed by atoms with Crippen molar-refractivity contribution in [2.24, 2.45) is 0 Å². The van der Waals surface area contributed by atoms with Crippen LogP contribution in [-0.4, -0.2) is 21.1 Å². The fraction of sp³-hybridized carbons (Fsp3) is 0.455. The van der Waals surface area contributed by atoms with Crippen molar-refractivity contribution in [3.8, 4) is 0 Å². The summed E-state index contributed by atoms with van der Waals surface area (Å²) in [4.78, 5) is 0. The summed E-state index contributed by atoms with van der Waals surface area (Å²) in [6.07, 6.45) is 0.636. The molecule has 0 amide bonds. The normalized spacial score (nSPS) is 12.7. The van der Waals surface area contributed by atoms with E-state index in [9.17, 15) is 8.60 Å². The molecule has 0 radical (unpaired) electrons. The molecular formula is C11H16FNO2S. The van der Waals surface area contributed by atoms with E-state index >= 15 is 0 Å². The molecule has 90 valence electrons. The van der Waals surface area contributed by atoms with Crippen LogP contribution >= 0.6 is 0 Å². The van der Waals surface area contributed by atoms with Crippen molar-refractivity contribution in [1.29, 1.82) is 0 Å². The number of nitrogens with one attached hydrogen (secondary N) is 1. The van der Waals surface area contributed by atoms with Crippen LogP contribution < -0.4 is 5.32 Å². The third-order valence-electron chi connectivity index (χ3n) is 2.30. The summed E-state index contributed by atoms with van der Waals surface area (Å²) in [5.74, 6) is 0.0358. The van der Waals surface area contributed by atoms with Crippen molar-refractivity contribution >= 4 is 11.1 Å². The predicted molar refractivity (Wildman–Crippen MR) is 63.1 cm³/mol. The first-order valence-electron chi connectivity index (χ1n) is 5.13. The van der Waals surface area contributed by atoms with E-state index < -0.39 is 11.1 Å². The highest BCUT2D eigenvalue weighted by Gasteiger charge is 2.00. The van der Waals surface area contributed by atoms with Gasteiger partial charge < -0.3 is 9.87 Å². The predicted octanol–water partition coefficient (Wildman–Crippen LogP) is 1.84. The third kappa shape index (κ3) is 4.83. The van der Waals surface area contributed by atoms with Crippen LogP contribution in [0.4, 0.5) is 4.39 Å². The Labute approximate surface area is 97.3 Å². The van der Waals surface area contributed by atoms with Gasteiger partial charge in [0.1, 0.15) is 5.82 Å². The molecule has 16 heavy (non-hydrogen) atoms. The number of aryl methyl sites for hydroxylation is 1. The maximum absolute atomic E-state index is 12.9. The Balaban J connectivity index is 2.31. The number of rotatable bonds is 6. The van der Waals surface area contributed by atoms with Crippen LogP contribution in [0.15, 0.2) is 18.2 Å². The highest BCUT2D eigenvalue weighted by molar-refractivity contribution is 7.79. The molecule has 2 N–H and O–H groups in total. The molecule has 1 rings (SSSR count). The monoisotopic (exact) mass is 245 g/mol. The molecule has 0 saturated carbocycles. The van der Waals surface area contributed by atoms with E-state index in [-0.39, 0.29) is 11.6 Å². The average Bonchev–Trinajstić information content (AvgIpc) is 2.22. The van der Waals surface area contributed by atoms with Gasteiger partial charge >= 0.3 is 0 Å². The first kappa shape index (κ1) is 13.3. The van der Waals surface area contributed by atoms with E-state index in [4.69, 9.17) is 4.55 Å². The average molecular weight is 245 g/mol. The van der Waals surface area contributed by atoms with Gasteiger partial charge in [0.05, 0.1) is 5.75 Å². The van der Waals surface area contributed by atoms with E-state index in [1.165, 1.54) is 12.1 Å². The van der Waals surface area contributed by atoms with Gasteiger partial charge in [-0.2, -0.15) is 0 Å². The minimum Gasteiger partial charge on any atom is -0.313 e. The zero-order valence-corrected chi connectivity index (χ0v) is 10.0. The molecule has 0 aromatic heterocycles. The van der Waals surface area contributed by atoms with Crippen molar-refractivity contribution in [3.05, 3.63) is 35.1 Å². The van der Waals surface area contributed by atoms with Gasteiger partial charge in [0.25, 0.3) is 0 Å². The van der Waals surface area contributed by atoms with Crippen LogP contribution in [0.25, 0.3) is 0 Å². The molecule has 0 bridgehead atoms. The van der Waals surface area contributed by atoms with Gasteiger partial charge in [-0.15, -0.1) is 0 Å². The summed E-state index contributed by atoms with van der Waals surface area (Å²) >= 11 is -1.72. The molecule has 0 aliphatic rings. The van der Waals surface area contributed by atoms with E-state index in [2.05, 4.69) is 5.32 Å². The molecule has 5 heteroatoms.